The topological polar surface area (TPSA) is 61.8 Å². The molecule has 0 bridgehead atoms. The van der Waals surface area contributed by atoms with Crippen LogP contribution in [0.5, 0.6) is 0 Å². The molecule has 0 aromatic heterocycles. The number of ether oxygens (including phenoxy) is 1. The summed E-state index contributed by atoms with van der Waals surface area (Å²) in [7, 11) is 0. The number of aliphatic hydroxyl groups is 1. The van der Waals surface area contributed by atoms with Crippen molar-refractivity contribution in [1.82, 2.24) is 5.32 Å². The number of rotatable bonds is 5. The number of nitrogens with one attached hydrogen (secondary N) is 1. The molecule has 2 unspecified atom stereocenters. The predicted octanol–water partition coefficient (Wildman–Crippen LogP) is 1.30. The van der Waals surface area contributed by atoms with Gasteiger partial charge in [0.2, 0.25) is 5.91 Å². The van der Waals surface area contributed by atoms with Gasteiger partial charge in [-0.05, 0) is 24.6 Å². The fourth-order valence-electron chi connectivity index (χ4n) is 2.18. The van der Waals surface area contributed by atoms with Gasteiger partial charge in [-0.1, -0.05) is 12.1 Å². The number of carbonyl (C=O) groups excluding carboxylic acids is 1. The largest absolute Gasteiger partial charge is 0.387 e. The van der Waals surface area contributed by atoms with Gasteiger partial charge in [0.05, 0.1) is 19.3 Å². The average Bonchev–Trinajstić information content (AvgIpc) is 2.53. The van der Waals surface area contributed by atoms with Crippen molar-refractivity contribution < 1.29 is 14.6 Å². The number of hydrogen-bond acceptors (Lipinski definition) is 4. The lowest BCUT2D eigenvalue weighted by Crippen LogP contribution is -2.36. The van der Waals surface area contributed by atoms with Gasteiger partial charge in [-0.15, -0.1) is 11.6 Å². The molecule has 0 aliphatic carbocycles. The Morgan fingerprint density at radius 2 is 2.00 bits per heavy atom. The van der Waals surface area contributed by atoms with Crippen LogP contribution in [-0.2, 0) is 9.53 Å². The van der Waals surface area contributed by atoms with Crippen LogP contribution in [0.15, 0.2) is 24.3 Å². The van der Waals surface area contributed by atoms with Gasteiger partial charge in [0.1, 0.15) is 5.38 Å². The number of carbonyl (C=O) groups is 1. The molecule has 1 fully saturated rings. The van der Waals surface area contributed by atoms with E-state index in [0.29, 0.717) is 0 Å². The summed E-state index contributed by atoms with van der Waals surface area (Å²) in [5.74, 6) is -0.277. The molecule has 0 radical (unpaired) electrons. The monoisotopic (exact) mass is 312 g/mol. The molecule has 1 amide bonds. The van der Waals surface area contributed by atoms with E-state index in [4.69, 9.17) is 16.3 Å². The molecule has 2 N–H and O–H groups in total. The quantitative estimate of drug-likeness (QED) is 0.805. The zero-order chi connectivity index (χ0) is 15.2. The second-order valence-electron chi connectivity index (χ2n) is 5.07. The summed E-state index contributed by atoms with van der Waals surface area (Å²) in [4.78, 5) is 13.6. The van der Waals surface area contributed by atoms with Crippen LogP contribution in [0.1, 0.15) is 18.6 Å². The first-order valence-electron chi connectivity index (χ1n) is 7.10. The first-order valence-corrected chi connectivity index (χ1v) is 7.54. The van der Waals surface area contributed by atoms with Gasteiger partial charge in [0.25, 0.3) is 0 Å². The van der Waals surface area contributed by atoms with E-state index in [1.807, 2.05) is 24.3 Å². The van der Waals surface area contributed by atoms with Crippen molar-refractivity contribution in [2.45, 2.75) is 18.4 Å². The van der Waals surface area contributed by atoms with Crippen molar-refractivity contribution in [3.05, 3.63) is 29.8 Å². The Bertz CT molecular complexity index is 458. The zero-order valence-corrected chi connectivity index (χ0v) is 12.8. The van der Waals surface area contributed by atoms with Crippen molar-refractivity contribution in [1.29, 1.82) is 0 Å². The van der Waals surface area contributed by atoms with Crippen molar-refractivity contribution in [3.8, 4) is 0 Å². The normalized spacial score (nSPS) is 18.1. The van der Waals surface area contributed by atoms with Crippen molar-refractivity contribution in [2.24, 2.45) is 0 Å². The lowest BCUT2D eigenvalue weighted by molar-refractivity contribution is -0.120. The summed E-state index contributed by atoms with van der Waals surface area (Å²) in [5, 5.41) is 12.1. The third-order valence-electron chi connectivity index (χ3n) is 3.49. The molecule has 21 heavy (non-hydrogen) atoms. The summed E-state index contributed by atoms with van der Waals surface area (Å²) in [6, 6.07) is 7.73. The first kappa shape index (κ1) is 16.1. The molecule has 1 saturated heterocycles. The van der Waals surface area contributed by atoms with E-state index >= 15 is 0 Å². The summed E-state index contributed by atoms with van der Waals surface area (Å²) in [5.41, 5.74) is 1.89. The summed E-state index contributed by atoms with van der Waals surface area (Å²) in [6.45, 7) is 5.00. The van der Waals surface area contributed by atoms with Gasteiger partial charge in [-0.2, -0.15) is 0 Å². The Morgan fingerprint density at radius 3 is 2.57 bits per heavy atom. The Hall–Kier alpha value is -1.30. The Kier molecular flexibility index (Phi) is 5.85. The van der Waals surface area contributed by atoms with Crippen LogP contribution in [0.3, 0.4) is 0 Å². The second kappa shape index (κ2) is 7.64. The SMILES string of the molecule is CC(Cl)C(=O)NCC(O)c1ccc(N2CCOCC2)cc1. The van der Waals surface area contributed by atoms with Crippen molar-refractivity contribution in [2.75, 3.05) is 37.7 Å². The molecule has 0 saturated carbocycles. The Morgan fingerprint density at radius 1 is 1.38 bits per heavy atom. The van der Waals surface area contributed by atoms with Gasteiger partial charge >= 0.3 is 0 Å². The lowest BCUT2D eigenvalue weighted by atomic mass is 10.1. The zero-order valence-electron chi connectivity index (χ0n) is 12.1. The minimum Gasteiger partial charge on any atom is -0.387 e. The smallest absolute Gasteiger partial charge is 0.237 e. The Labute approximate surface area is 129 Å². The average molecular weight is 313 g/mol. The highest BCUT2D eigenvalue weighted by Gasteiger charge is 2.14. The van der Waals surface area contributed by atoms with Crippen LogP contribution in [0.4, 0.5) is 5.69 Å². The highest BCUT2D eigenvalue weighted by atomic mass is 35.5. The Balaban J connectivity index is 1.90. The minimum atomic E-state index is -0.733. The fraction of sp³-hybridized carbons (Fsp3) is 0.533. The maximum Gasteiger partial charge on any atom is 0.237 e. The highest BCUT2D eigenvalue weighted by Crippen LogP contribution is 2.20. The maximum absolute atomic E-state index is 11.4. The predicted molar refractivity (Wildman–Crippen MR) is 82.8 cm³/mol. The van der Waals surface area contributed by atoms with E-state index in [1.54, 1.807) is 6.92 Å². The van der Waals surface area contributed by atoms with Crippen LogP contribution >= 0.6 is 11.6 Å². The molecular formula is C15H21ClN2O3. The molecule has 1 aromatic rings. The molecule has 2 atom stereocenters. The van der Waals surface area contributed by atoms with Gasteiger partial charge in [-0.25, -0.2) is 0 Å². The van der Waals surface area contributed by atoms with Crippen molar-refractivity contribution in [3.63, 3.8) is 0 Å². The first-order chi connectivity index (χ1) is 10.1. The summed E-state index contributed by atoms with van der Waals surface area (Å²) >= 11 is 5.66. The van der Waals surface area contributed by atoms with E-state index in [-0.39, 0.29) is 12.5 Å². The maximum atomic E-state index is 11.4. The van der Waals surface area contributed by atoms with Crippen LogP contribution in [0.25, 0.3) is 0 Å². The number of halogens is 1. The number of hydrogen-bond donors (Lipinski definition) is 2. The van der Waals surface area contributed by atoms with Gasteiger partial charge in [0, 0.05) is 25.3 Å². The summed E-state index contributed by atoms with van der Waals surface area (Å²) in [6.07, 6.45) is -0.733. The third kappa shape index (κ3) is 4.59. The molecule has 0 spiro atoms. The molecule has 116 valence electrons. The molecule has 1 aliphatic rings. The number of morpholine rings is 1. The standard InChI is InChI=1S/C15H21ClN2O3/c1-11(16)15(20)17-10-14(19)12-2-4-13(5-3-12)18-6-8-21-9-7-18/h2-5,11,14,19H,6-10H2,1H3,(H,17,20). The van der Waals surface area contributed by atoms with E-state index in [2.05, 4.69) is 10.2 Å². The fourth-order valence-corrected chi connectivity index (χ4v) is 2.26. The molecule has 1 aliphatic heterocycles. The van der Waals surface area contributed by atoms with E-state index in [0.717, 1.165) is 37.6 Å². The number of aliphatic hydroxyl groups excluding tert-OH is 1. The van der Waals surface area contributed by atoms with Gasteiger partial charge in [-0.3, -0.25) is 4.79 Å². The van der Waals surface area contributed by atoms with Gasteiger partial charge < -0.3 is 20.1 Å². The molecule has 5 nitrogen and oxygen atoms in total. The molecule has 1 heterocycles. The number of alkyl halides is 1. The van der Waals surface area contributed by atoms with Gasteiger partial charge in [0.15, 0.2) is 0 Å². The van der Waals surface area contributed by atoms with Crippen LogP contribution in [-0.4, -0.2) is 49.2 Å². The molecule has 1 aromatic carbocycles. The lowest BCUT2D eigenvalue weighted by Gasteiger charge is -2.29. The van der Waals surface area contributed by atoms with Crippen LogP contribution in [0, 0.1) is 0 Å². The number of benzene rings is 1. The van der Waals surface area contributed by atoms with E-state index < -0.39 is 11.5 Å². The highest BCUT2D eigenvalue weighted by molar-refractivity contribution is 6.30. The van der Waals surface area contributed by atoms with Crippen LogP contribution in [0.2, 0.25) is 0 Å². The van der Waals surface area contributed by atoms with Crippen LogP contribution < -0.4 is 10.2 Å². The second-order valence-corrected chi connectivity index (χ2v) is 5.72. The van der Waals surface area contributed by atoms with E-state index in [1.165, 1.54) is 0 Å². The molecular weight excluding hydrogens is 292 g/mol. The number of amides is 1. The minimum absolute atomic E-state index is 0.160. The third-order valence-corrected chi connectivity index (χ3v) is 3.68. The molecule has 6 heteroatoms. The molecule has 2 rings (SSSR count). The van der Waals surface area contributed by atoms with E-state index in [9.17, 15) is 9.90 Å². The number of anilines is 1. The van der Waals surface area contributed by atoms with Crippen molar-refractivity contribution >= 4 is 23.2 Å². The summed E-state index contributed by atoms with van der Waals surface area (Å²) < 4.78 is 5.32. The number of nitrogens with zero attached hydrogens (tertiary/aromatic N) is 1.